The maximum atomic E-state index is 13.3. The summed E-state index contributed by atoms with van der Waals surface area (Å²) in [6.07, 6.45) is 4.05. The molecule has 0 spiro atoms. The summed E-state index contributed by atoms with van der Waals surface area (Å²) in [5.74, 6) is -1.77. The molecule has 1 aromatic carbocycles. The Hall–Kier alpha value is -2.18. The number of carbonyl (C=O) groups excluding carboxylic acids is 2. The number of piperidine rings is 2. The van der Waals surface area contributed by atoms with Crippen LogP contribution in [0.2, 0.25) is 0 Å². The molecule has 3 rings (SSSR count). The number of benzene rings is 1. The van der Waals surface area contributed by atoms with Crippen molar-refractivity contribution in [2.75, 3.05) is 31.5 Å². The lowest BCUT2D eigenvalue weighted by Gasteiger charge is -2.35. The van der Waals surface area contributed by atoms with Crippen molar-refractivity contribution in [2.24, 2.45) is 0 Å². The Morgan fingerprint density at radius 2 is 2.00 bits per heavy atom. The van der Waals surface area contributed by atoms with Gasteiger partial charge in [0.15, 0.2) is 11.6 Å². The smallest absolute Gasteiger partial charge is 0.242 e. The highest BCUT2D eigenvalue weighted by molar-refractivity contribution is 5.85. The van der Waals surface area contributed by atoms with Crippen LogP contribution in [0, 0.1) is 11.6 Å². The fourth-order valence-electron chi connectivity index (χ4n) is 3.44. The number of hydrogen-bond acceptors (Lipinski definition) is 3. The van der Waals surface area contributed by atoms with Gasteiger partial charge in [-0.3, -0.25) is 9.59 Å². The second-order valence-electron chi connectivity index (χ2n) is 6.72. The van der Waals surface area contributed by atoms with Crippen LogP contribution in [0.15, 0.2) is 18.2 Å². The third-order valence-corrected chi connectivity index (χ3v) is 4.81. The van der Waals surface area contributed by atoms with Gasteiger partial charge < -0.3 is 15.1 Å². The summed E-state index contributed by atoms with van der Waals surface area (Å²) in [5.41, 5.74) is 0.504. The number of rotatable bonds is 4. The molecule has 0 radical (unpaired) electrons. The Morgan fingerprint density at radius 3 is 2.76 bits per heavy atom. The first kappa shape index (κ1) is 17.6. The fourth-order valence-corrected chi connectivity index (χ4v) is 3.44. The summed E-state index contributed by atoms with van der Waals surface area (Å²) in [6.45, 7) is 1.95. The summed E-state index contributed by atoms with van der Waals surface area (Å²) in [6, 6.07) is 3.69. The van der Waals surface area contributed by atoms with E-state index < -0.39 is 11.6 Å². The van der Waals surface area contributed by atoms with Crippen LogP contribution in [0.25, 0.3) is 0 Å². The number of likely N-dealkylation sites (tertiary alicyclic amines) is 2. The molecule has 1 aromatic rings. The number of anilines is 1. The molecule has 1 atom stereocenters. The average molecular weight is 351 g/mol. The summed E-state index contributed by atoms with van der Waals surface area (Å²) in [4.78, 5) is 27.7. The fraction of sp³-hybridized carbons (Fsp3) is 0.556. The molecule has 5 nitrogen and oxygen atoms in total. The van der Waals surface area contributed by atoms with Crippen LogP contribution in [-0.4, -0.2) is 53.8 Å². The number of hydrogen-bond donors (Lipinski definition) is 1. The van der Waals surface area contributed by atoms with E-state index in [1.54, 1.807) is 9.80 Å². The normalized spacial score (nSPS) is 21.4. The average Bonchev–Trinajstić information content (AvgIpc) is 2.60. The first-order chi connectivity index (χ1) is 12.0. The predicted molar refractivity (Wildman–Crippen MR) is 90.0 cm³/mol. The molecule has 0 unspecified atom stereocenters. The van der Waals surface area contributed by atoms with Crippen LogP contribution in [0.4, 0.5) is 14.5 Å². The predicted octanol–water partition coefficient (Wildman–Crippen LogP) is 2.38. The van der Waals surface area contributed by atoms with Gasteiger partial charge in [0.1, 0.15) is 0 Å². The van der Waals surface area contributed by atoms with Crippen LogP contribution in [0.5, 0.6) is 0 Å². The lowest BCUT2D eigenvalue weighted by Crippen LogP contribution is -2.50. The SMILES string of the molecule is O=C1CCCCN1CC(=O)N1CCC[C@H](Nc2ccc(F)c(F)c2)C1. The van der Waals surface area contributed by atoms with E-state index in [-0.39, 0.29) is 24.4 Å². The molecular formula is C18H23F2N3O2. The zero-order valence-corrected chi connectivity index (χ0v) is 14.1. The van der Waals surface area contributed by atoms with Crippen LogP contribution in [0.1, 0.15) is 32.1 Å². The van der Waals surface area contributed by atoms with Gasteiger partial charge in [-0.25, -0.2) is 8.78 Å². The topological polar surface area (TPSA) is 52.7 Å². The molecular weight excluding hydrogens is 328 g/mol. The van der Waals surface area contributed by atoms with E-state index in [0.717, 1.165) is 37.8 Å². The number of carbonyl (C=O) groups is 2. The quantitative estimate of drug-likeness (QED) is 0.906. The van der Waals surface area contributed by atoms with E-state index in [4.69, 9.17) is 0 Å². The first-order valence-electron chi connectivity index (χ1n) is 8.80. The van der Waals surface area contributed by atoms with Crippen LogP contribution in [0.3, 0.4) is 0 Å². The molecule has 1 N–H and O–H groups in total. The highest BCUT2D eigenvalue weighted by atomic mass is 19.2. The molecule has 2 aliphatic rings. The Kier molecular flexibility index (Phi) is 5.50. The lowest BCUT2D eigenvalue weighted by atomic mass is 10.0. The molecule has 0 aliphatic carbocycles. The van der Waals surface area contributed by atoms with E-state index >= 15 is 0 Å². The Balaban J connectivity index is 1.55. The minimum atomic E-state index is -0.891. The minimum Gasteiger partial charge on any atom is -0.380 e. The zero-order valence-electron chi connectivity index (χ0n) is 14.1. The van der Waals surface area contributed by atoms with Gasteiger partial charge in [-0.05, 0) is 37.8 Å². The first-order valence-corrected chi connectivity index (χ1v) is 8.80. The molecule has 2 fully saturated rings. The van der Waals surface area contributed by atoms with Gasteiger partial charge in [0.25, 0.3) is 0 Å². The van der Waals surface area contributed by atoms with Crippen LogP contribution < -0.4 is 5.32 Å². The second kappa shape index (κ2) is 7.80. The van der Waals surface area contributed by atoms with Gasteiger partial charge in [0.2, 0.25) is 11.8 Å². The number of amides is 2. The van der Waals surface area contributed by atoms with Crippen molar-refractivity contribution < 1.29 is 18.4 Å². The molecule has 0 saturated carbocycles. The van der Waals surface area contributed by atoms with Crippen molar-refractivity contribution in [1.29, 1.82) is 0 Å². The zero-order chi connectivity index (χ0) is 17.8. The van der Waals surface area contributed by atoms with E-state index in [9.17, 15) is 18.4 Å². The molecule has 7 heteroatoms. The highest BCUT2D eigenvalue weighted by Gasteiger charge is 2.27. The summed E-state index contributed by atoms with van der Waals surface area (Å²) in [7, 11) is 0. The molecule has 2 heterocycles. The van der Waals surface area contributed by atoms with Gasteiger partial charge in [0, 0.05) is 43.9 Å². The Bertz CT molecular complexity index is 653. The largest absolute Gasteiger partial charge is 0.380 e. The van der Waals surface area contributed by atoms with E-state index in [2.05, 4.69) is 5.32 Å². The van der Waals surface area contributed by atoms with E-state index in [1.807, 2.05) is 0 Å². The number of halogens is 2. The maximum absolute atomic E-state index is 13.3. The molecule has 0 bridgehead atoms. The molecule has 0 aromatic heterocycles. The number of nitrogens with zero attached hydrogens (tertiary/aromatic N) is 2. The van der Waals surface area contributed by atoms with Gasteiger partial charge in [-0.15, -0.1) is 0 Å². The monoisotopic (exact) mass is 351 g/mol. The molecule has 2 amide bonds. The summed E-state index contributed by atoms with van der Waals surface area (Å²) < 4.78 is 26.3. The minimum absolute atomic E-state index is 0.0142. The van der Waals surface area contributed by atoms with Crippen LogP contribution in [-0.2, 0) is 9.59 Å². The van der Waals surface area contributed by atoms with Crippen molar-refractivity contribution in [3.05, 3.63) is 29.8 Å². The Labute approximate surface area is 146 Å². The van der Waals surface area contributed by atoms with Crippen molar-refractivity contribution in [2.45, 2.75) is 38.1 Å². The third kappa shape index (κ3) is 4.46. The lowest BCUT2D eigenvalue weighted by molar-refractivity contribution is -0.142. The molecule has 25 heavy (non-hydrogen) atoms. The summed E-state index contributed by atoms with van der Waals surface area (Å²) >= 11 is 0. The van der Waals surface area contributed by atoms with E-state index in [1.165, 1.54) is 6.07 Å². The summed E-state index contributed by atoms with van der Waals surface area (Å²) in [5, 5.41) is 3.17. The van der Waals surface area contributed by atoms with Crippen molar-refractivity contribution in [3.8, 4) is 0 Å². The van der Waals surface area contributed by atoms with Crippen molar-refractivity contribution in [3.63, 3.8) is 0 Å². The molecule has 2 saturated heterocycles. The van der Waals surface area contributed by atoms with Gasteiger partial charge in [0.05, 0.1) is 6.54 Å². The second-order valence-corrected chi connectivity index (χ2v) is 6.72. The highest BCUT2D eigenvalue weighted by Crippen LogP contribution is 2.19. The van der Waals surface area contributed by atoms with Gasteiger partial charge in [-0.1, -0.05) is 0 Å². The van der Waals surface area contributed by atoms with Gasteiger partial charge >= 0.3 is 0 Å². The van der Waals surface area contributed by atoms with Crippen LogP contribution >= 0.6 is 0 Å². The third-order valence-electron chi connectivity index (χ3n) is 4.81. The van der Waals surface area contributed by atoms with Crippen molar-refractivity contribution in [1.82, 2.24) is 9.80 Å². The van der Waals surface area contributed by atoms with Gasteiger partial charge in [-0.2, -0.15) is 0 Å². The number of nitrogens with one attached hydrogen (secondary N) is 1. The Morgan fingerprint density at radius 1 is 1.16 bits per heavy atom. The van der Waals surface area contributed by atoms with Crippen molar-refractivity contribution >= 4 is 17.5 Å². The van der Waals surface area contributed by atoms with E-state index in [0.29, 0.717) is 31.7 Å². The molecule has 136 valence electrons. The standard InChI is InChI=1S/C18H23F2N3O2/c19-15-7-6-13(10-16(15)20)21-14-4-3-9-22(11-14)18(25)12-23-8-2-1-5-17(23)24/h6-7,10,14,21H,1-5,8-9,11-12H2/t14-/m0/s1. The molecule has 2 aliphatic heterocycles. The maximum Gasteiger partial charge on any atom is 0.242 e.